The number of β-amino-alcohol motifs (C(OH)–C–C–N with tert-alkyl or cyclic N) is 1. The number of anilines is 1. The van der Waals surface area contributed by atoms with Crippen LogP contribution in [0, 0.1) is 6.92 Å². The molecular weight excluding hydrogens is 328 g/mol. The van der Waals surface area contributed by atoms with Gasteiger partial charge in [0.05, 0.1) is 18.9 Å². The maximum Gasteiger partial charge on any atom is 0.274 e. The molecule has 3 heterocycles. The highest BCUT2D eigenvalue weighted by atomic mass is 16.3. The number of aliphatic hydroxyl groups is 1. The summed E-state index contributed by atoms with van der Waals surface area (Å²) < 4.78 is 0. The molecule has 1 aromatic heterocycles. The van der Waals surface area contributed by atoms with Crippen molar-refractivity contribution in [2.24, 2.45) is 0 Å². The van der Waals surface area contributed by atoms with Gasteiger partial charge in [-0.2, -0.15) is 0 Å². The Hall–Kier alpha value is -2.47. The largest absolute Gasteiger partial charge is 0.383 e. The molecule has 1 atom stereocenters. The molecule has 1 amide bonds. The Balaban J connectivity index is 1.55. The molecular formula is C20H24N4O2. The van der Waals surface area contributed by atoms with Gasteiger partial charge in [0, 0.05) is 19.6 Å². The van der Waals surface area contributed by atoms with Gasteiger partial charge in [0.15, 0.2) is 0 Å². The van der Waals surface area contributed by atoms with E-state index in [-0.39, 0.29) is 5.91 Å². The molecule has 4 rings (SSSR count). The Morgan fingerprint density at radius 1 is 1.15 bits per heavy atom. The molecule has 6 heteroatoms. The Labute approximate surface area is 153 Å². The van der Waals surface area contributed by atoms with E-state index in [0.29, 0.717) is 31.0 Å². The first-order chi connectivity index (χ1) is 12.6. The van der Waals surface area contributed by atoms with Crippen molar-refractivity contribution < 1.29 is 9.90 Å². The van der Waals surface area contributed by atoms with E-state index < -0.39 is 5.60 Å². The summed E-state index contributed by atoms with van der Waals surface area (Å²) in [4.78, 5) is 25.2. The third-order valence-electron chi connectivity index (χ3n) is 5.45. The molecule has 1 N–H and O–H groups in total. The van der Waals surface area contributed by atoms with Crippen molar-refractivity contribution in [3.05, 3.63) is 53.5 Å². The van der Waals surface area contributed by atoms with Gasteiger partial charge in [0.2, 0.25) is 0 Å². The summed E-state index contributed by atoms with van der Waals surface area (Å²) in [5.41, 5.74) is 1.53. The fourth-order valence-electron chi connectivity index (χ4n) is 4.00. The van der Waals surface area contributed by atoms with E-state index >= 15 is 0 Å². The minimum absolute atomic E-state index is 0.0507. The lowest BCUT2D eigenvalue weighted by molar-refractivity contribution is 0.0600. The predicted molar refractivity (Wildman–Crippen MR) is 99.1 cm³/mol. The second kappa shape index (κ2) is 6.68. The fourth-order valence-corrected chi connectivity index (χ4v) is 4.00. The number of rotatable bonds is 3. The fraction of sp³-hybridized carbons (Fsp3) is 0.450. The lowest BCUT2D eigenvalue weighted by atomic mass is 9.89. The molecule has 0 bridgehead atoms. The third-order valence-corrected chi connectivity index (χ3v) is 5.45. The normalized spacial score (nSPS) is 22.8. The molecule has 0 radical (unpaired) electrons. The molecule has 2 fully saturated rings. The van der Waals surface area contributed by atoms with Gasteiger partial charge in [-0.05, 0) is 37.3 Å². The molecule has 0 saturated carbocycles. The van der Waals surface area contributed by atoms with Crippen LogP contribution in [-0.2, 0) is 5.60 Å². The number of aromatic nitrogens is 2. The molecule has 26 heavy (non-hydrogen) atoms. The van der Waals surface area contributed by atoms with E-state index in [1.54, 1.807) is 6.20 Å². The van der Waals surface area contributed by atoms with Gasteiger partial charge in [0.1, 0.15) is 17.1 Å². The van der Waals surface area contributed by atoms with Gasteiger partial charge in [0.25, 0.3) is 5.91 Å². The number of hydrogen-bond acceptors (Lipinski definition) is 5. The summed E-state index contributed by atoms with van der Waals surface area (Å²) >= 11 is 0. The van der Waals surface area contributed by atoms with Crippen molar-refractivity contribution in [1.29, 1.82) is 0 Å². The highest BCUT2D eigenvalue weighted by Crippen LogP contribution is 2.35. The topological polar surface area (TPSA) is 69.6 Å². The van der Waals surface area contributed by atoms with Crippen LogP contribution in [0.3, 0.4) is 0 Å². The van der Waals surface area contributed by atoms with Crippen molar-refractivity contribution in [3.63, 3.8) is 0 Å². The molecule has 1 aromatic carbocycles. The molecule has 136 valence electrons. The number of likely N-dealkylation sites (tertiary alicyclic amines) is 1. The standard InChI is InChI=1S/C20H24N4O2/c1-15-6-2-3-7-16(15)20(26)8-11-24(14-20)18-13-21-12-17(22-18)19(25)23-9-4-5-10-23/h2-3,6-7,12-13,26H,4-5,8-11,14H2,1H3. The van der Waals surface area contributed by atoms with Crippen molar-refractivity contribution in [2.75, 3.05) is 31.1 Å². The first-order valence-electron chi connectivity index (χ1n) is 9.22. The van der Waals surface area contributed by atoms with Crippen LogP contribution in [0.25, 0.3) is 0 Å². The van der Waals surface area contributed by atoms with Crippen LogP contribution in [0.15, 0.2) is 36.7 Å². The van der Waals surface area contributed by atoms with E-state index in [2.05, 4.69) is 9.97 Å². The van der Waals surface area contributed by atoms with Gasteiger partial charge < -0.3 is 14.9 Å². The molecule has 2 aromatic rings. The van der Waals surface area contributed by atoms with E-state index in [1.807, 2.05) is 41.0 Å². The first-order valence-corrected chi connectivity index (χ1v) is 9.22. The molecule has 0 spiro atoms. The summed E-state index contributed by atoms with van der Waals surface area (Å²) in [6, 6.07) is 7.94. The zero-order valence-electron chi connectivity index (χ0n) is 15.1. The van der Waals surface area contributed by atoms with E-state index in [0.717, 1.165) is 37.1 Å². The van der Waals surface area contributed by atoms with Crippen LogP contribution >= 0.6 is 0 Å². The number of carbonyl (C=O) groups is 1. The smallest absolute Gasteiger partial charge is 0.274 e. The van der Waals surface area contributed by atoms with Crippen LogP contribution < -0.4 is 4.90 Å². The van der Waals surface area contributed by atoms with Crippen LogP contribution in [0.4, 0.5) is 5.82 Å². The second-order valence-corrected chi connectivity index (χ2v) is 7.28. The average Bonchev–Trinajstić information content (AvgIpc) is 3.32. The Morgan fingerprint density at radius 2 is 1.92 bits per heavy atom. The Bertz CT molecular complexity index is 819. The highest BCUT2D eigenvalue weighted by molar-refractivity contribution is 5.92. The summed E-state index contributed by atoms with van der Waals surface area (Å²) in [6.45, 7) is 4.74. The zero-order chi connectivity index (χ0) is 18.1. The van der Waals surface area contributed by atoms with Crippen molar-refractivity contribution in [2.45, 2.75) is 31.8 Å². The minimum atomic E-state index is -0.901. The van der Waals surface area contributed by atoms with Gasteiger partial charge in [-0.15, -0.1) is 0 Å². The lowest BCUT2D eigenvalue weighted by Crippen LogP contribution is -2.32. The molecule has 2 aliphatic rings. The van der Waals surface area contributed by atoms with E-state index in [4.69, 9.17) is 0 Å². The van der Waals surface area contributed by atoms with E-state index in [1.165, 1.54) is 6.20 Å². The molecule has 0 aliphatic carbocycles. The number of hydrogen-bond donors (Lipinski definition) is 1. The SMILES string of the molecule is Cc1ccccc1C1(O)CCN(c2cncc(C(=O)N3CCCC3)n2)C1. The van der Waals surface area contributed by atoms with Gasteiger partial charge in [-0.3, -0.25) is 9.78 Å². The predicted octanol–water partition coefficient (Wildman–Crippen LogP) is 2.12. The summed E-state index contributed by atoms with van der Waals surface area (Å²) in [5.74, 6) is 0.602. The number of benzene rings is 1. The quantitative estimate of drug-likeness (QED) is 0.916. The number of nitrogens with zero attached hydrogens (tertiary/aromatic N) is 4. The van der Waals surface area contributed by atoms with Crippen LogP contribution in [0.1, 0.15) is 40.9 Å². The maximum absolute atomic E-state index is 12.6. The maximum atomic E-state index is 12.6. The van der Waals surface area contributed by atoms with Gasteiger partial charge in [-0.1, -0.05) is 24.3 Å². The summed E-state index contributed by atoms with van der Waals surface area (Å²) in [6.07, 6.45) is 5.94. The molecule has 2 saturated heterocycles. The summed E-state index contributed by atoms with van der Waals surface area (Å²) in [5, 5.41) is 11.2. The monoisotopic (exact) mass is 352 g/mol. The highest BCUT2D eigenvalue weighted by Gasteiger charge is 2.39. The second-order valence-electron chi connectivity index (χ2n) is 7.28. The minimum Gasteiger partial charge on any atom is -0.383 e. The van der Waals surface area contributed by atoms with Gasteiger partial charge in [-0.25, -0.2) is 4.98 Å². The van der Waals surface area contributed by atoms with Crippen LogP contribution in [0.5, 0.6) is 0 Å². The molecule has 1 unspecified atom stereocenters. The van der Waals surface area contributed by atoms with Crippen molar-refractivity contribution >= 4 is 11.7 Å². The lowest BCUT2D eigenvalue weighted by Gasteiger charge is -2.26. The van der Waals surface area contributed by atoms with E-state index in [9.17, 15) is 9.90 Å². The molecule has 6 nitrogen and oxygen atoms in total. The molecule has 2 aliphatic heterocycles. The number of aryl methyl sites for hydroxylation is 1. The average molecular weight is 352 g/mol. The zero-order valence-corrected chi connectivity index (χ0v) is 15.1. The Morgan fingerprint density at radius 3 is 2.69 bits per heavy atom. The third kappa shape index (κ3) is 3.05. The number of carbonyl (C=O) groups excluding carboxylic acids is 1. The number of amides is 1. The summed E-state index contributed by atoms with van der Waals surface area (Å²) in [7, 11) is 0. The van der Waals surface area contributed by atoms with Crippen LogP contribution in [-0.4, -0.2) is 52.1 Å². The van der Waals surface area contributed by atoms with Crippen LogP contribution in [0.2, 0.25) is 0 Å². The first kappa shape index (κ1) is 17.0. The Kier molecular flexibility index (Phi) is 4.36. The van der Waals surface area contributed by atoms with Gasteiger partial charge >= 0.3 is 0 Å². The van der Waals surface area contributed by atoms with Crippen molar-refractivity contribution in [3.8, 4) is 0 Å². The van der Waals surface area contributed by atoms with Crippen molar-refractivity contribution in [1.82, 2.24) is 14.9 Å².